The van der Waals surface area contributed by atoms with Gasteiger partial charge in [0, 0.05) is 50.7 Å². The molecule has 4 aromatic heterocycles. The lowest BCUT2D eigenvalue weighted by Crippen LogP contribution is -2.08. The first-order chi connectivity index (χ1) is 17.9. The minimum atomic E-state index is -1.67. The molecule has 0 aliphatic carbocycles. The first kappa shape index (κ1) is 24.9. The molecular weight excluding hydrogens is 548 g/mol. The summed E-state index contributed by atoms with van der Waals surface area (Å²) >= 11 is 7.54. The molecule has 0 spiro atoms. The summed E-state index contributed by atoms with van der Waals surface area (Å²) in [6.45, 7) is 8.93. The van der Waals surface area contributed by atoms with Crippen molar-refractivity contribution in [1.82, 2.24) is 0 Å². The Hall–Kier alpha value is -2.40. The fourth-order valence-corrected chi connectivity index (χ4v) is 11.0. The summed E-state index contributed by atoms with van der Waals surface area (Å²) in [6.07, 6.45) is 1.07. The Morgan fingerprint density at radius 3 is 2.16 bits per heavy atom. The quantitative estimate of drug-likeness (QED) is 0.181. The average molecular weight is 574 g/mol. The summed E-state index contributed by atoms with van der Waals surface area (Å²) in [5.74, 6) is 0. The highest BCUT2D eigenvalue weighted by molar-refractivity contribution is 7.61. The van der Waals surface area contributed by atoms with E-state index >= 15 is 0 Å². The van der Waals surface area contributed by atoms with Gasteiger partial charge in [-0.3, -0.25) is 0 Å². The summed E-state index contributed by atoms with van der Waals surface area (Å²) in [6, 6.07) is 25.1. The van der Waals surface area contributed by atoms with E-state index in [1.54, 1.807) is 0 Å². The lowest BCUT2D eigenvalue weighted by atomic mass is 10.0. The maximum absolute atomic E-state index is 13.6. The van der Waals surface area contributed by atoms with E-state index in [-0.39, 0.29) is 0 Å². The molecule has 4 heterocycles. The van der Waals surface area contributed by atoms with E-state index in [0.717, 1.165) is 22.6 Å². The lowest BCUT2D eigenvalue weighted by Gasteiger charge is -2.05. The van der Waals surface area contributed by atoms with Crippen molar-refractivity contribution in [2.45, 2.75) is 34.1 Å². The molecule has 6 rings (SSSR count). The minimum Gasteiger partial charge on any atom is -0.145 e. The molecule has 0 aliphatic rings. The van der Waals surface area contributed by atoms with E-state index in [1.165, 1.54) is 55.4 Å². The number of thiophene rings is 4. The van der Waals surface area contributed by atoms with Gasteiger partial charge in [-0.15, -0.1) is 45.3 Å². The van der Waals surface area contributed by atoms with Gasteiger partial charge in [0.25, 0.3) is 0 Å². The Kier molecular flexibility index (Phi) is 6.77. The van der Waals surface area contributed by atoms with Crippen LogP contribution in [0.25, 0.3) is 41.4 Å². The maximum atomic E-state index is 13.6. The van der Waals surface area contributed by atoms with Crippen molar-refractivity contribution in [1.29, 1.82) is 0 Å². The van der Waals surface area contributed by atoms with Crippen LogP contribution in [0.2, 0.25) is 0 Å². The summed E-state index contributed by atoms with van der Waals surface area (Å²) in [4.78, 5) is 8.10. The first-order valence-corrected chi connectivity index (χ1v) is 16.8. The van der Waals surface area contributed by atoms with E-state index < -0.39 is 7.80 Å². The SMILES string of the molecule is CCc1cc(-c2sc3cc(-c4ccccc4[P+](=O)c4ccccc4)sc3c2-c2cc(C)sc2C)c(C)s1. The molecule has 37 heavy (non-hydrogen) atoms. The van der Waals surface area contributed by atoms with Crippen molar-refractivity contribution in [3.63, 3.8) is 0 Å². The van der Waals surface area contributed by atoms with Crippen LogP contribution in [0.5, 0.6) is 0 Å². The Labute approximate surface area is 234 Å². The van der Waals surface area contributed by atoms with Crippen molar-refractivity contribution < 1.29 is 4.57 Å². The van der Waals surface area contributed by atoms with Gasteiger partial charge >= 0.3 is 7.80 Å². The molecule has 6 aromatic rings. The van der Waals surface area contributed by atoms with Gasteiger partial charge in [0.05, 0.1) is 4.70 Å². The minimum absolute atomic E-state index is 0.871. The molecule has 0 amide bonds. The molecule has 184 valence electrons. The predicted molar refractivity (Wildman–Crippen MR) is 169 cm³/mol. The van der Waals surface area contributed by atoms with Crippen LogP contribution in [0.1, 0.15) is 26.4 Å². The molecule has 2 aromatic carbocycles. The number of hydrogen-bond acceptors (Lipinski definition) is 5. The zero-order valence-corrected chi connectivity index (χ0v) is 25.3. The van der Waals surface area contributed by atoms with Gasteiger partial charge in [-0.05, 0) is 75.2 Å². The molecular formula is C31H26OPS4+. The average Bonchev–Trinajstić information content (AvgIpc) is 3.66. The summed E-state index contributed by atoms with van der Waals surface area (Å²) in [7, 11) is -1.67. The molecule has 1 atom stereocenters. The van der Waals surface area contributed by atoms with Gasteiger partial charge in [0.2, 0.25) is 5.30 Å². The molecule has 0 N–H and O–H groups in total. The molecule has 6 heteroatoms. The van der Waals surface area contributed by atoms with Gasteiger partial charge in [0.15, 0.2) is 5.30 Å². The highest BCUT2D eigenvalue weighted by Gasteiger charge is 2.29. The van der Waals surface area contributed by atoms with Crippen LogP contribution in [-0.4, -0.2) is 0 Å². The van der Waals surface area contributed by atoms with Crippen molar-refractivity contribution >= 4 is 73.2 Å². The summed E-state index contributed by atoms with van der Waals surface area (Å²) in [5, 5.41) is 1.78. The molecule has 1 nitrogen and oxygen atoms in total. The van der Waals surface area contributed by atoms with Crippen LogP contribution in [0.3, 0.4) is 0 Å². The molecule has 0 radical (unpaired) electrons. The van der Waals surface area contributed by atoms with E-state index in [9.17, 15) is 4.57 Å². The predicted octanol–water partition coefficient (Wildman–Crippen LogP) is 10.4. The Morgan fingerprint density at radius 2 is 1.46 bits per heavy atom. The third-order valence-corrected chi connectivity index (χ3v) is 12.9. The largest absolute Gasteiger partial charge is 0.415 e. The Balaban J connectivity index is 1.55. The number of aryl methyl sites for hydroxylation is 4. The topological polar surface area (TPSA) is 17.1 Å². The number of hydrogen-bond donors (Lipinski definition) is 0. The van der Waals surface area contributed by atoms with E-state index in [4.69, 9.17) is 0 Å². The standard InChI is InChI=1S/C31H26OPS4/c1-5-22-16-25(20(4)35-22)30-29(24-15-18(2)34-19(24)3)31-28(37-30)17-27(36-31)23-13-9-10-14-26(23)33(32)21-11-7-6-8-12-21/h6-17H,5H2,1-4H3/q+1. The van der Waals surface area contributed by atoms with Crippen molar-refractivity contribution in [2.24, 2.45) is 0 Å². The first-order valence-electron chi connectivity index (χ1n) is 12.3. The van der Waals surface area contributed by atoms with E-state index in [1.807, 2.05) is 87.8 Å². The van der Waals surface area contributed by atoms with Crippen LogP contribution < -0.4 is 10.6 Å². The Morgan fingerprint density at radius 1 is 0.730 bits per heavy atom. The van der Waals surface area contributed by atoms with E-state index in [2.05, 4.69) is 58.0 Å². The number of benzene rings is 2. The van der Waals surface area contributed by atoms with Crippen LogP contribution in [-0.2, 0) is 11.0 Å². The van der Waals surface area contributed by atoms with Crippen molar-refractivity contribution in [2.75, 3.05) is 0 Å². The fourth-order valence-electron chi connectivity index (χ4n) is 4.84. The molecule has 0 fully saturated rings. The zero-order valence-electron chi connectivity index (χ0n) is 21.1. The third-order valence-electron chi connectivity index (χ3n) is 6.62. The van der Waals surface area contributed by atoms with Crippen LogP contribution in [0.4, 0.5) is 0 Å². The molecule has 0 aliphatic heterocycles. The summed E-state index contributed by atoms with van der Waals surface area (Å²) < 4.78 is 16.2. The van der Waals surface area contributed by atoms with Crippen LogP contribution in [0, 0.1) is 20.8 Å². The second-order valence-electron chi connectivity index (χ2n) is 9.12. The van der Waals surface area contributed by atoms with Crippen molar-refractivity contribution in [3.8, 4) is 32.0 Å². The van der Waals surface area contributed by atoms with Gasteiger partial charge < -0.3 is 0 Å². The third kappa shape index (κ3) is 4.47. The summed E-state index contributed by atoms with van der Waals surface area (Å²) in [5.41, 5.74) is 5.17. The van der Waals surface area contributed by atoms with Gasteiger partial charge in [-0.2, -0.15) is 0 Å². The molecule has 0 bridgehead atoms. The maximum Gasteiger partial charge on any atom is 0.415 e. The Bertz CT molecular complexity index is 1760. The monoisotopic (exact) mass is 573 g/mol. The molecule has 0 saturated carbocycles. The van der Waals surface area contributed by atoms with Gasteiger partial charge in [-0.1, -0.05) is 41.8 Å². The molecule has 0 saturated heterocycles. The number of rotatable bonds is 6. The lowest BCUT2D eigenvalue weighted by molar-refractivity contribution is 0.598. The highest BCUT2D eigenvalue weighted by atomic mass is 32.1. The van der Waals surface area contributed by atoms with E-state index in [0.29, 0.717) is 0 Å². The second kappa shape index (κ2) is 10.1. The number of fused-ring (bicyclic) bond motifs is 1. The van der Waals surface area contributed by atoms with Crippen molar-refractivity contribution in [3.05, 3.63) is 92.3 Å². The zero-order chi connectivity index (χ0) is 25.7. The fraction of sp³-hybridized carbons (Fsp3) is 0.161. The molecule has 1 unspecified atom stereocenters. The highest BCUT2D eigenvalue weighted by Crippen LogP contribution is 2.53. The normalized spacial score (nSPS) is 11.9. The smallest absolute Gasteiger partial charge is 0.145 e. The van der Waals surface area contributed by atoms with Crippen LogP contribution >= 0.6 is 53.1 Å². The van der Waals surface area contributed by atoms with Gasteiger partial charge in [0.1, 0.15) is 0 Å². The van der Waals surface area contributed by atoms with Gasteiger partial charge in [-0.25, -0.2) is 0 Å². The second-order valence-corrected chi connectivity index (χ2v) is 15.6. The van der Waals surface area contributed by atoms with Crippen LogP contribution in [0.15, 0.2) is 72.8 Å².